The Bertz CT molecular complexity index is 523. The van der Waals surface area contributed by atoms with E-state index in [2.05, 4.69) is 5.32 Å². The fourth-order valence-corrected chi connectivity index (χ4v) is 2.51. The molecular weight excluding hydrogens is 258 g/mol. The monoisotopic (exact) mass is 275 g/mol. The molecule has 1 N–H and O–H groups in total. The van der Waals surface area contributed by atoms with E-state index in [0.29, 0.717) is 13.0 Å². The topological polar surface area (TPSA) is 38.3 Å². The normalized spacial score (nSPS) is 10.2. The van der Waals surface area contributed by atoms with Crippen LogP contribution in [0.5, 0.6) is 5.75 Å². The number of carbonyl (C=O) groups is 1. The summed E-state index contributed by atoms with van der Waals surface area (Å²) in [6, 6.07) is 11.8. The summed E-state index contributed by atoms with van der Waals surface area (Å²) in [6.07, 6.45) is 1.28. The van der Waals surface area contributed by atoms with Gasteiger partial charge in [0.05, 0.1) is 13.5 Å². The number of benzene rings is 1. The Morgan fingerprint density at radius 2 is 2.21 bits per heavy atom. The highest BCUT2D eigenvalue weighted by atomic mass is 32.1. The maximum Gasteiger partial charge on any atom is 0.225 e. The molecule has 2 aromatic rings. The predicted molar refractivity (Wildman–Crippen MR) is 77.7 cm³/mol. The zero-order valence-electron chi connectivity index (χ0n) is 10.9. The van der Waals surface area contributed by atoms with Gasteiger partial charge in [-0.15, -0.1) is 11.3 Å². The molecule has 0 fully saturated rings. The molecule has 0 saturated heterocycles. The van der Waals surface area contributed by atoms with Gasteiger partial charge >= 0.3 is 0 Å². The van der Waals surface area contributed by atoms with E-state index in [4.69, 9.17) is 4.74 Å². The molecule has 1 aromatic carbocycles. The lowest BCUT2D eigenvalue weighted by Gasteiger charge is -2.06. The van der Waals surface area contributed by atoms with Gasteiger partial charge in [-0.3, -0.25) is 4.79 Å². The van der Waals surface area contributed by atoms with E-state index in [-0.39, 0.29) is 5.91 Å². The number of thiophene rings is 1. The molecular formula is C15H17NO2S. The van der Waals surface area contributed by atoms with Crippen molar-refractivity contribution in [3.05, 3.63) is 52.2 Å². The summed E-state index contributed by atoms with van der Waals surface area (Å²) in [5, 5.41) is 4.92. The van der Waals surface area contributed by atoms with Gasteiger partial charge in [0, 0.05) is 11.4 Å². The van der Waals surface area contributed by atoms with Crippen LogP contribution in [0.3, 0.4) is 0 Å². The molecule has 3 nitrogen and oxygen atoms in total. The molecule has 1 heterocycles. The third kappa shape index (κ3) is 4.41. The molecule has 0 aliphatic heterocycles. The maximum atomic E-state index is 11.7. The lowest BCUT2D eigenvalue weighted by atomic mass is 10.1. The number of rotatable bonds is 6. The summed E-state index contributed by atoms with van der Waals surface area (Å²) in [5.74, 6) is 0.924. The summed E-state index contributed by atoms with van der Waals surface area (Å²) < 4.78 is 5.17. The number of ether oxygens (including phenoxy) is 1. The quantitative estimate of drug-likeness (QED) is 0.880. The molecule has 2 rings (SSSR count). The third-order valence-corrected chi connectivity index (χ3v) is 3.66. The van der Waals surface area contributed by atoms with Crippen LogP contribution in [0.2, 0.25) is 0 Å². The fourth-order valence-electron chi connectivity index (χ4n) is 1.81. The number of nitrogens with one attached hydrogen (secondary N) is 1. The van der Waals surface area contributed by atoms with Gasteiger partial charge in [-0.1, -0.05) is 18.2 Å². The lowest BCUT2D eigenvalue weighted by Crippen LogP contribution is -2.26. The van der Waals surface area contributed by atoms with Crippen LogP contribution < -0.4 is 10.1 Å². The minimum absolute atomic E-state index is 0.0744. The number of methoxy groups -OCH3 is 1. The van der Waals surface area contributed by atoms with E-state index in [9.17, 15) is 4.79 Å². The van der Waals surface area contributed by atoms with Gasteiger partial charge in [0.2, 0.25) is 5.91 Å². The van der Waals surface area contributed by atoms with Crippen molar-refractivity contribution >= 4 is 17.2 Å². The van der Waals surface area contributed by atoms with Crippen molar-refractivity contribution in [2.24, 2.45) is 0 Å². The molecule has 1 amide bonds. The highest BCUT2D eigenvalue weighted by Gasteiger charge is 2.03. The third-order valence-electron chi connectivity index (χ3n) is 2.78. The SMILES string of the molecule is COc1cccc(CCNC(=O)Cc2cccs2)c1. The second-order valence-electron chi connectivity index (χ2n) is 4.21. The molecule has 0 spiro atoms. The van der Waals surface area contributed by atoms with Gasteiger partial charge in [0.25, 0.3) is 0 Å². The van der Waals surface area contributed by atoms with Crippen LogP contribution in [0.25, 0.3) is 0 Å². The number of hydrogen-bond donors (Lipinski definition) is 1. The Morgan fingerprint density at radius 1 is 1.32 bits per heavy atom. The maximum absolute atomic E-state index is 11.7. The van der Waals surface area contributed by atoms with E-state index in [0.717, 1.165) is 22.6 Å². The molecule has 1 aromatic heterocycles. The Hall–Kier alpha value is -1.81. The van der Waals surface area contributed by atoms with E-state index in [1.54, 1.807) is 18.4 Å². The first-order valence-corrected chi connectivity index (χ1v) is 7.08. The second kappa shape index (κ2) is 6.95. The van der Waals surface area contributed by atoms with Crippen molar-refractivity contribution in [3.63, 3.8) is 0 Å². The first-order valence-electron chi connectivity index (χ1n) is 6.20. The average Bonchev–Trinajstić information content (AvgIpc) is 2.92. The molecule has 0 radical (unpaired) electrons. The minimum Gasteiger partial charge on any atom is -0.497 e. The Kier molecular flexibility index (Phi) is 4.98. The van der Waals surface area contributed by atoms with Gasteiger partial charge in [0.1, 0.15) is 5.75 Å². The van der Waals surface area contributed by atoms with Crippen molar-refractivity contribution in [1.82, 2.24) is 5.32 Å². The fraction of sp³-hybridized carbons (Fsp3) is 0.267. The van der Waals surface area contributed by atoms with Crippen LogP contribution in [0, 0.1) is 0 Å². The lowest BCUT2D eigenvalue weighted by molar-refractivity contribution is -0.120. The van der Waals surface area contributed by atoms with Gasteiger partial charge in [0.15, 0.2) is 0 Å². The zero-order chi connectivity index (χ0) is 13.5. The van der Waals surface area contributed by atoms with E-state index >= 15 is 0 Å². The van der Waals surface area contributed by atoms with Crippen LogP contribution in [0.15, 0.2) is 41.8 Å². The number of hydrogen-bond acceptors (Lipinski definition) is 3. The number of amides is 1. The Labute approximate surface area is 117 Å². The standard InChI is InChI=1S/C15H17NO2S/c1-18-13-5-2-4-12(10-13)7-8-16-15(17)11-14-6-3-9-19-14/h2-6,9-10H,7-8,11H2,1H3,(H,16,17). The molecule has 0 saturated carbocycles. The second-order valence-corrected chi connectivity index (χ2v) is 5.24. The zero-order valence-corrected chi connectivity index (χ0v) is 11.7. The Morgan fingerprint density at radius 3 is 2.95 bits per heavy atom. The molecule has 19 heavy (non-hydrogen) atoms. The van der Waals surface area contributed by atoms with E-state index < -0.39 is 0 Å². The molecule has 0 bridgehead atoms. The highest BCUT2D eigenvalue weighted by molar-refractivity contribution is 7.10. The number of carbonyl (C=O) groups excluding carboxylic acids is 1. The highest BCUT2D eigenvalue weighted by Crippen LogP contribution is 2.12. The van der Waals surface area contributed by atoms with Crippen molar-refractivity contribution in [2.75, 3.05) is 13.7 Å². The van der Waals surface area contributed by atoms with Gasteiger partial charge < -0.3 is 10.1 Å². The van der Waals surface area contributed by atoms with Crippen LogP contribution in [-0.2, 0) is 17.6 Å². The van der Waals surface area contributed by atoms with Crippen LogP contribution in [-0.4, -0.2) is 19.6 Å². The van der Waals surface area contributed by atoms with Crippen molar-refractivity contribution in [3.8, 4) is 5.75 Å². The minimum atomic E-state index is 0.0744. The van der Waals surface area contributed by atoms with Crippen LogP contribution in [0.1, 0.15) is 10.4 Å². The smallest absolute Gasteiger partial charge is 0.225 e. The largest absolute Gasteiger partial charge is 0.497 e. The Balaban J connectivity index is 1.75. The van der Waals surface area contributed by atoms with Gasteiger partial charge in [-0.2, -0.15) is 0 Å². The van der Waals surface area contributed by atoms with Crippen molar-refractivity contribution < 1.29 is 9.53 Å². The summed E-state index contributed by atoms with van der Waals surface area (Å²) in [4.78, 5) is 12.8. The van der Waals surface area contributed by atoms with E-state index in [1.165, 1.54) is 0 Å². The summed E-state index contributed by atoms with van der Waals surface area (Å²) in [5.41, 5.74) is 1.16. The summed E-state index contributed by atoms with van der Waals surface area (Å²) >= 11 is 1.61. The van der Waals surface area contributed by atoms with Crippen LogP contribution >= 0.6 is 11.3 Å². The van der Waals surface area contributed by atoms with Gasteiger partial charge in [-0.25, -0.2) is 0 Å². The summed E-state index contributed by atoms with van der Waals surface area (Å²) in [6.45, 7) is 0.650. The molecule has 100 valence electrons. The summed E-state index contributed by atoms with van der Waals surface area (Å²) in [7, 11) is 1.65. The average molecular weight is 275 g/mol. The molecule has 0 unspecified atom stereocenters. The molecule has 4 heteroatoms. The van der Waals surface area contributed by atoms with E-state index in [1.807, 2.05) is 41.8 Å². The molecule has 0 aliphatic carbocycles. The van der Waals surface area contributed by atoms with Crippen molar-refractivity contribution in [1.29, 1.82) is 0 Å². The molecule has 0 atom stereocenters. The predicted octanol–water partition coefficient (Wildman–Crippen LogP) is 2.66. The molecule has 0 aliphatic rings. The first-order chi connectivity index (χ1) is 9.28. The van der Waals surface area contributed by atoms with Crippen LogP contribution in [0.4, 0.5) is 0 Å². The van der Waals surface area contributed by atoms with Crippen molar-refractivity contribution in [2.45, 2.75) is 12.8 Å². The first kappa shape index (κ1) is 13.6. The van der Waals surface area contributed by atoms with Gasteiger partial charge in [-0.05, 0) is 35.6 Å².